The summed E-state index contributed by atoms with van der Waals surface area (Å²) in [5, 5.41) is 3.06. The second-order valence-electron chi connectivity index (χ2n) is 15.6. The van der Waals surface area contributed by atoms with Crippen LogP contribution in [0.15, 0.2) is 59.0 Å². The zero-order valence-corrected chi connectivity index (χ0v) is 30.3. The number of hydrogen-bond acceptors (Lipinski definition) is 6. The lowest BCUT2D eigenvalue weighted by atomic mass is 9.43. The van der Waals surface area contributed by atoms with Crippen LogP contribution < -0.4 is 15.1 Å². The fourth-order valence-corrected chi connectivity index (χ4v) is 9.84. The molecule has 4 aliphatic carbocycles. The van der Waals surface area contributed by atoms with Gasteiger partial charge in [-0.05, 0) is 109 Å². The van der Waals surface area contributed by atoms with Crippen molar-refractivity contribution in [2.45, 2.75) is 76.8 Å². The van der Waals surface area contributed by atoms with Crippen molar-refractivity contribution in [2.75, 3.05) is 17.6 Å². The van der Waals surface area contributed by atoms with Crippen LogP contribution in [-0.2, 0) is 32.1 Å². The standard InChI is InChI=1S/C38H39BF4N2O6S/c1-36(2)23-15-31(36)37(3)32(16-23)50-39(51-37)28-13-6-20(14-27(28)38(41,42)43)19-45(52(5,47)48)29-18-30-26(17-25(29)21-7-8-21)33(35(46)44-4)34(49-30)22-9-11-24(40)12-10-22/h6,9-14,17-18,21,23,31-32H,7-8,15-16,19H2,1-5H3,(H,44,46)/t23-,31-,32+,37-/m1/s1. The minimum Gasteiger partial charge on any atom is -0.455 e. The smallest absolute Gasteiger partial charge is 0.455 e. The number of hydrogen-bond donors (Lipinski definition) is 1. The quantitative estimate of drug-likeness (QED) is 0.150. The van der Waals surface area contributed by atoms with E-state index in [2.05, 4.69) is 19.2 Å². The van der Waals surface area contributed by atoms with Crippen LogP contribution in [0.3, 0.4) is 0 Å². The van der Waals surface area contributed by atoms with Crippen LogP contribution in [0.4, 0.5) is 23.2 Å². The number of alkyl halides is 3. The zero-order chi connectivity index (χ0) is 37.1. The second kappa shape index (κ2) is 11.8. The van der Waals surface area contributed by atoms with Gasteiger partial charge in [-0.2, -0.15) is 13.2 Å². The van der Waals surface area contributed by atoms with E-state index in [1.165, 1.54) is 49.5 Å². The van der Waals surface area contributed by atoms with Crippen molar-refractivity contribution in [3.8, 4) is 11.3 Å². The van der Waals surface area contributed by atoms with E-state index < -0.39 is 52.8 Å². The van der Waals surface area contributed by atoms with Crippen LogP contribution in [0.25, 0.3) is 22.3 Å². The molecule has 2 heterocycles. The summed E-state index contributed by atoms with van der Waals surface area (Å²) in [7, 11) is -3.81. The van der Waals surface area contributed by atoms with Gasteiger partial charge >= 0.3 is 13.3 Å². The maximum atomic E-state index is 14.8. The first-order valence-electron chi connectivity index (χ1n) is 17.5. The van der Waals surface area contributed by atoms with Gasteiger partial charge in [-0.1, -0.05) is 26.0 Å². The average molecular weight is 739 g/mol. The van der Waals surface area contributed by atoms with Gasteiger partial charge < -0.3 is 19.0 Å². The van der Waals surface area contributed by atoms with E-state index >= 15 is 0 Å². The molecule has 1 aromatic heterocycles. The molecule has 9 rings (SSSR count). The van der Waals surface area contributed by atoms with Crippen molar-refractivity contribution in [2.24, 2.45) is 17.3 Å². The van der Waals surface area contributed by atoms with Crippen LogP contribution in [-0.4, -0.2) is 46.5 Å². The molecular formula is C38H39BF4N2O6S. The fourth-order valence-electron chi connectivity index (χ4n) is 8.94. The molecule has 4 atom stereocenters. The van der Waals surface area contributed by atoms with Crippen molar-refractivity contribution in [1.29, 1.82) is 0 Å². The lowest BCUT2D eigenvalue weighted by Gasteiger charge is -2.64. The van der Waals surface area contributed by atoms with E-state index in [1.807, 2.05) is 6.92 Å². The van der Waals surface area contributed by atoms with Crippen molar-refractivity contribution >= 4 is 45.2 Å². The Bertz CT molecular complexity index is 2220. The van der Waals surface area contributed by atoms with Crippen LogP contribution in [0.5, 0.6) is 0 Å². The van der Waals surface area contributed by atoms with E-state index in [1.54, 1.807) is 6.07 Å². The monoisotopic (exact) mass is 738 g/mol. The van der Waals surface area contributed by atoms with Gasteiger partial charge in [-0.15, -0.1) is 0 Å². The number of amides is 1. The lowest BCUT2D eigenvalue weighted by molar-refractivity contribution is -0.199. The third-order valence-electron chi connectivity index (χ3n) is 12.0. The molecule has 274 valence electrons. The van der Waals surface area contributed by atoms with Crippen LogP contribution in [0.1, 0.15) is 79.4 Å². The molecule has 52 heavy (non-hydrogen) atoms. The lowest BCUT2D eigenvalue weighted by Crippen LogP contribution is -2.65. The second-order valence-corrected chi connectivity index (χ2v) is 17.5. The molecule has 0 spiro atoms. The Balaban J connectivity index is 1.19. The summed E-state index contributed by atoms with van der Waals surface area (Å²) in [5.74, 6) is -0.184. The van der Waals surface area contributed by atoms with E-state index in [9.17, 15) is 30.8 Å². The van der Waals surface area contributed by atoms with Crippen molar-refractivity contribution in [3.63, 3.8) is 0 Å². The number of carbonyl (C=O) groups is 1. The summed E-state index contributed by atoms with van der Waals surface area (Å²) in [5.41, 5.74) is 0.0593. The number of nitrogens with zero attached hydrogens (tertiary/aromatic N) is 1. The van der Waals surface area contributed by atoms with E-state index in [0.29, 0.717) is 22.4 Å². The van der Waals surface area contributed by atoms with Gasteiger partial charge in [0.1, 0.15) is 17.2 Å². The number of sulfonamides is 1. The van der Waals surface area contributed by atoms with Gasteiger partial charge in [-0.3, -0.25) is 9.10 Å². The highest BCUT2D eigenvalue weighted by Crippen LogP contribution is 2.65. The van der Waals surface area contributed by atoms with Crippen molar-refractivity contribution < 1.29 is 44.5 Å². The van der Waals surface area contributed by atoms with Gasteiger partial charge in [0.25, 0.3) is 5.91 Å². The summed E-state index contributed by atoms with van der Waals surface area (Å²) >= 11 is 0. The molecule has 1 N–H and O–H groups in total. The highest BCUT2D eigenvalue weighted by molar-refractivity contribution is 7.92. The molecule has 5 aliphatic rings. The van der Waals surface area contributed by atoms with E-state index in [4.69, 9.17) is 13.7 Å². The molecule has 4 saturated carbocycles. The summed E-state index contributed by atoms with van der Waals surface area (Å²) in [6.07, 6.45) is -0.884. The molecule has 4 aromatic rings. The Kier molecular flexibility index (Phi) is 7.99. The third kappa shape index (κ3) is 5.63. The predicted molar refractivity (Wildman–Crippen MR) is 189 cm³/mol. The number of nitrogens with one attached hydrogen (secondary N) is 1. The maximum Gasteiger partial charge on any atom is 0.495 e. The first kappa shape index (κ1) is 35.2. The minimum absolute atomic E-state index is 0.0137. The molecule has 1 aliphatic heterocycles. The molecule has 8 nitrogen and oxygen atoms in total. The summed E-state index contributed by atoms with van der Waals surface area (Å²) in [6.45, 7) is 5.90. The molecule has 5 fully saturated rings. The SMILES string of the molecule is CNC(=O)c1c(-c2ccc(F)cc2)oc2cc(N(Cc3ccc(B4O[C@H]5C[C@H]6C[C@H](C6(C)C)[C@@]5(C)O4)c(C(F)(F)F)c3)S(C)(=O)=O)c(C3CC3)cc12. The van der Waals surface area contributed by atoms with Crippen LogP contribution in [0.2, 0.25) is 0 Å². The van der Waals surface area contributed by atoms with E-state index in [0.717, 1.165) is 42.3 Å². The van der Waals surface area contributed by atoms with Crippen molar-refractivity contribution in [3.05, 3.63) is 82.7 Å². The number of anilines is 1. The van der Waals surface area contributed by atoms with Crippen LogP contribution >= 0.6 is 0 Å². The molecule has 0 radical (unpaired) electrons. The highest BCUT2D eigenvalue weighted by Gasteiger charge is 2.68. The number of fused-ring (bicyclic) bond motifs is 1. The number of furan rings is 1. The van der Waals surface area contributed by atoms with Gasteiger partial charge in [-0.25, -0.2) is 12.8 Å². The normalized spacial score (nSPS) is 25.2. The first-order valence-corrected chi connectivity index (χ1v) is 19.3. The van der Waals surface area contributed by atoms with Gasteiger partial charge in [0, 0.05) is 24.1 Å². The van der Waals surface area contributed by atoms with Gasteiger partial charge in [0.2, 0.25) is 10.0 Å². The topological polar surface area (TPSA) is 98.1 Å². The van der Waals surface area contributed by atoms with Crippen LogP contribution in [0, 0.1) is 23.1 Å². The number of halogens is 4. The molecule has 0 unspecified atom stereocenters. The highest BCUT2D eigenvalue weighted by atomic mass is 32.2. The summed E-state index contributed by atoms with van der Waals surface area (Å²) < 4.78 is 105. The Morgan fingerprint density at radius 2 is 1.75 bits per heavy atom. The molecule has 1 saturated heterocycles. The predicted octanol–water partition coefficient (Wildman–Crippen LogP) is 7.40. The first-order chi connectivity index (χ1) is 24.4. The Morgan fingerprint density at radius 1 is 1.04 bits per heavy atom. The Morgan fingerprint density at radius 3 is 2.37 bits per heavy atom. The van der Waals surface area contributed by atoms with Gasteiger partial charge in [0.15, 0.2) is 0 Å². The van der Waals surface area contributed by atoms with E-state index in [-0.39, 0.29) is 57.0 Å². The average Bonchev–Trinajstić information content (AvgIpc) is 3.76. The third-order valence-corrected chi connectivity index (χ3v) is 13.2. The summed E-state index contributed by atoms with van der Waals surface area (Å²) in [4.78, 5) is 13.2. The van der Waals surface area contributed by atoms with Crippen molar-refractivity contribution in [1.82, 2.24) is 5.32 Å². The maximum absolute atomic E-state index is 14.8. The fraction of sp³-hybridized carbons (Fsp3) is 0.447. The molecular weight excluding hydrogens is 699 g/mol. The molecule has 1 amide bonds. The summed E-state index contributed by atoms with van der Waals surface area (Å²) in [6, 6.07) is 12.5. The molecule has 14 heteroatoms. The minimum atomic E-state index is -4.77. The number of benzene rings is 3. The number of rotatable bonds is 8. The molecule has 3 aromatic carbocycles. The Labute approximate surface area is 300 Å². The largest absolute Gasteiger partial charge is 0.495 e. The Hall–Kier alpha value is -3.88. The zero-order valence-electron chi connectivity index (χ0n) is 29.4. The number of carbonyl (C=O) groups excluding carboxylic acids is 1. The van der Waals surface area contributed by atoms with Gasteiger partial charge in [0.05, 0.1) is 41.3 Å². The molecule has 2 bridgehead atoms.